The van der Waals surface area contributed by atoms with Gasteiger partial charge in [-0.1, -0.05) is 6.07 Å². The van der Waals surface area contributed by atoms with Crippen LogP contribution in [0.15, 0.2) is 29.6 Å². The summed E-state index contributed by atoms with van der Waals surface area (Å²) < 4.78 is 0. The fourth-order valence-electron chi connectivity index (χ4n) is 2.24. The van der Waals surface area contributed by atoms with Crippen LogP contribution in [0.3, 0.4) is 0 Å². The molecule has 2 rings (SSSR count). The molecule has 1 atom stereocenters. The second-order valence-corrected chi connectivity index (χ2v) is 7.84. The Kier molecular flexibility index (Phi) is 6.80. The minimum absolute atomic E-state index is 0.0381. The molecule has 4 nitrogen and oxygen atoms in total. The zero-order valence-electron chi connectivity index (χ0n) is 13.4. The molecule has 0 aliphatic rings. The van der Waals surface area contributed by atoms with Gasteiger partial charge in [-0.25, -0.2) is 0 Å². The van der Waals surface area contributed by atoms with Crippen molar-refractivity contribution in [2.45, 2.75) is 39.2 Å². The molecule has 0 aliphatic heterocycles. The third-order valence-corrected chi connectivity index (χ3v) is 5.21. The minimum Gasteiger partial charge on any atom is -0.353 e. The average Bonchev–Trinajstić information content (AvgIpc) is 3.15. The molecule has 124 valence electrons. The molecule has 2 aromatic heterocycles. The highest BCUT2D eigenvalue weighted by Gasteiger charge is 2.10. The summed E-state index contributed by atoms with van der Waals surface area (Å²) in [4.78, 5) is 26.9. The summed E-state index contributed by atoms with van der Waals surface area (Å²) in [5, 5.41) is 7.71. The van der Waals surface area contributed by atoms with Gasteiger partial charge < -0.3 is 10.6 Å². The van der Waals surface area contributed by atoms with Crippen molar-refractivity contribution in [3.8, 4) is 0 Å². The van der Waals surface area contributed by atoms with Crippen molar-refractivity contribution in [1.29, 1.82) is 0 Å². The van der Waals surface area contributed by atoms with E-state index in [9.17, 15) is 9.59 Å². The lowest BCUT2D eigenvalue weighted by Crippen LogP contribution is -2.34. The van der Waals surface area contributed by atoms with Crippen LogP contribution in [-0.2, 0) is 11.2 Å². The second-order valence-electron chi connectivity index (χ2n) is 5.52. The molecule has 0 spiro atoms. The van der Waals surface area contributed by atoms with Crippen LogP contribution in [0, 0.1) is 6.92 Å². The Labute approximate surface area is 144 Å². The fourth-order valence-corrected chi connectivity index (χ4v) is 3.90. The lowest BCUT2D eigenvalue weighted by Gasteiger charge is -2.13. The van der Waals surface area contributed by atoms with Gasteiger partial charge in [-0.2, -0.15) is 0 Å². The number of hydrogen-bond acceptors (Lipinski definition) is 4. The molecule has 1 unspecified atom stereocenters. The van der Waals surface area contributed by atoms with Crippen molar-refractivity contribution in [2.24, 2.45) is 0 Å². The summed E-state index contributed by atoms with van der Waals surface area (Å²) in [7, 11) is 0. The van der Waals surface area contributed by atoms with E-state index in [0.717, 1.165) is 6.42 Å². The lowest BCUT2D eigenvalue weighted by molar-refractivity contribution is -0.121. The third kappa shape index (κ3) is 6.15. The van der Waals surface area contributed by atoms with E-state index in [-0.39, 0.29) is 17.9 Å². The first-order valence-electron chi connectivity index (χ1n) is 7.71. The fraction of sp³-hybridized carbons (Fsp3) is 0.412. The number of aryl methyl sites for hydroxylation is 1. The van der Waals surface area contributed by atoms with Crippen LogP contribution in [0.2, 0.25) is 0 Å². The highest BCUT2D eigenvalue weighted by atomic mass is 32.1. The molecule has 0 aliphatic carbocycles. The minimum atomic E-state index is -0.0677. The van der Waals surface area contributed by atoms with E-state index in [1.807, 2.05) is 18.4 Å². The molecule has 0 fully saturated rings. The van der Waals surface area contributed by atoms with Gasteiger partial charge >= 0.3 is 0 Å². The molecule has 0 saturated heterocycles. The van der Waals surface area contributed by atoms with Crippen LogP contribution in [0.4, 0.5) is 0 Å². The summed E-state index contributed by atoms with van der Waals surface area (Å²) in [6, 6.07) is 7.99. The first-order chi connectivity index (χ1) is 11.0. The summed E-state index contributed by atoms with van der Waals surface area (Å²) in [6.07, 6.45) is 1.94. The summed E-state index contributed by atoms with van der Waals surface area (Å²) in [5.74, 6) is -0.0296. The van der Waals surface area contributed by atoms with Crippen LogP contribution in [-0.4, -0.2) is 24.4 Å². The molecule has 0 radical (unpaired) electrons. The predicted octanol–water partition coefficient (Wildman–Crippen LogP) is 3.38. The van der Waals surface area contributed by atoms with Gasteiger partial charge in [0.05, 0.1) is 4.88 Å². The summed E-state index contributed by atoms with van der Waals surface area (Å²) in [6.45, 7) is 4.62. The van der Waals surface area contributed by atoms with Crippen molar-refractivity contribution in [3.63, 3.8) is 0 Å². The van der Waals surface area contributed by atoms with Crippen LogP contribution < -0.4 is 10.6 Å². The van der Waals surface area contributed by atoms with Crippen LogP contribution in [0.5, 0.6) is 0 Å². The molecule has 2 heterocycles. The maximum atomic E-state index is 11.9. The van der Waals surface area contributed by atoms with Gasteiger partial charge in [0.25, 0.3) is 5.91 Å². The Bertz CT molecular complexity index is 635. The van der Waals surface area contributed by atoms with Gasteiger partial charge in [0.1, 0.15) is 0 Å². The Morgan fingerprint density at radius 1 is 1.26 bits per heavy atom. The van der Waals surface area contributed by atoms with E-state index in [2.05, 4.69) is 29.7 Å². The van der Waals surface area contributed by atoms with Gasteiger partial charge in [-0.15, -0.1) is 22.7 Å². The van der Waals surface area contributed by atoms with E-state index in [4.69, 9.17) is 0 Å². The Hall–Kier alpha value is -1.66. The van der Waals surface area contributed by atoms with Gasteiger partial charge in [0.15, 0.2) is 0 Å². The van der Waals surface area contributed by atoms with E-state index < -0.39 is 0 Å². The van der Waals surface area contributed by atoms with E-state index in [1.54, 1.807) is 17.4 Å². The quantitative estimate of drug-likeness (QED) is 0.717. The predicted molar refractivity (Wildman–Crippen MR) is 96.3 cm³/mol. The molecule has 0 aromatic carbocycles. The number of carbonyl (C=O) groups excluding carboxylic acids is 2. The third-order valence-electron chi connectivity index (χ3n) is 3.32. The molecular formula is C17H22N2O2S2. The molecule has 6 heteroatoms. The number of nitrogens with one attached hydrogen (secondary N) is 2. The molecule has 23 heavy (non-hydrogen) atoms. The number of amides is 2. The van der Waals surface area contributed by atoms with Crippen molar-refractivity contribution < 1.29 is 9.59 Å². The van der Waals surface area contributed by atoms with Crippen molar-refractivity contribution >= 4 is 34.5 Å². The first-order valence-corrected chi connectivity index (χ1v) is 9.40. The number of thiophene rings is 2. The zero-order chi connectivity index (χ0) is 16.7. The van der Waals surface area contributed by atoms with Crippen molar-refractivity contribution in [2.75, 3.05) is 6.54 Å². The SMILES string of the molecule is Cc1ccc(CC(C)NC(=O)CCCNC(=O)c2cccs2)s1. The highest BCUT2D eigenvalue weighted by Crippen LogP contribution is 2.16. The van der Waals surface area contributed by atoms with Gasteiger partial charge in [0.2, 0.25) is 5.91 Å². The van der Waals surface area contributed by atoms with Crippen LogP contribution >= 0.6 is 22.7 Å². The molecule has 2 N–H and O–H groups in total. The van der Waals surface area contributed by atoms with Gasteiger partial charge in [0, 0.05) is 35.2 Å². The Morgan fingerprint density at radius 3 is 2.74 bits per heavy atom. The summed E-state index contributed by atoms with van der Waals surface area (Å²) >= 11 is 3.18. The smallest absolute Gasteiger partial charge is 0.261 e. The number of rotatable bonds is 8. The van der Waals surface area contributed by atoms with Crippen molar-refractivity contribution in [3.05, 3.63) is 44.3 Å². The monoisotopic (exact) mass is 350 g/mol. The Morgan fingerprint density at radius 2 is 2.09 bits per heavy atom. The highest BCUT2D eigenvalue weighted by molar-refractivity contribution is 7.12. The standard InChI is InChI=1S/C17H22N2O2S2/c1-12(11-14-8-7-13(2)23-14)19-16(20)6-3-9-18-17(21)15-5-4-10-22-15/h4-5,7-8,10,12H,3,6,9,11H2,1-2H3,(H,18,21)(H,19,20). The largest absolute Gasteiger partial charge is 0.353 e. The zero-order valence-corrected chi connectivity index (χ0v) is 15.1. The van der Waals surface area contributed by atoms with Gasteiger partial charge in [-0.3, -0.25) is 9.59 Å². The normalized spacial score (nSPS) is 11.9. The molecular weight excluding hydrogens is 328 g/mol. The first kappa shape index (κ1) is 17.7. The van der Waals surface area contributed by atoms with Crippen LogP contribution in [0.25, 0.3) is 0 Å². The molecule has 2 amide bonds. The van der Waals surface area contributed by atoms with E-state index in [0.29, 0.717) is 24.3 Å². The molecule has 0 bridgehead atoms. The van der Waals surface area contributed by atoms with Crippen LogP contribution in [0.1, 0.15) is 39.2 Å². The maximum absolute atomic E-state index is 11.9. The van der Waals surface area contributed by atoms with Crippen molar-refractivity contribution in [1.82, 2.24) is 10.6 Å². The number of hydrogen-bond donors (Lipinski definition) is 2. The van der Waals surface area contributed by atoms with Gasteiger partial charge in [-0.05, 0) is 43.8 Å². The summed E-state index contributed by atoms with van der Waals surface area (Å²) in [5.41, 5.74) is 0. The molecule has 0 saturated carbocycles. The number of carbonyl (C=O) groups is 2. The Balaban J connectivity index is 1.60. The second kappa shape index (κ2) is 8.84. The lowest BCUT2D eigenvalue weighted by atomic mass is 10.2. The molecule has 2 aromatic rings. The average molecular weight is 351 g/mol. The van der Waals surface area contributed by atoms with E-state index in [1.165, 1.54) is 21.1 Å². The topological polar surface area (TPSA) is 58.2 Å². The maximum Gasteiger partial charge on any atom is 0.261 e. The van der Waals surface area contributed by atoms with E-state index >= 15 is 0 Å².